The van der Waals surface area contributed by atoms with E-state index in [9.17, 15) is 14.7 Å². The summed E-state index contributed by atoms with van der Waals surface area (Å²) in [5, 5.41) is 24.7. The monoisotopic (exact) mass is 430 g/mol. The number of carbonyl (C=O) groups is 2. The second-order valence-electron chi connectivity index (χ2n) is 6.29. The fourth-order valence-corrected chi connectivity index (χ4v) is 3.96. The van der Waals surface area contributed by atoms with Gasteiger partial charge in [-0.25, -0.2) is 4.98 Å². The van der Waals surface area contributed by atoms with Crippen molar-refractivity contribution in [3.8, 4) is 10.6 Å². The Kier molecular flexibility index (Phi) is 8.04. The number of aliphatic carboxylic acids is 2. The van der Waals surface area contributed by atoms with Crippen molar-refractivity contribution in [3.63, 3.8) is 0 Å². The molecule has 3 N–H and O–H groups in total. The van der Waals surface area contributed by atoms with Crippen molar-refractivity contribution >= 4 is 46.5 Å². The Morgan fingerprint density at radius 1 is 1.26 bits per heavy atom. The minimum Gasteiger partial charge on any atom is -0.481 e. The van der Waals surface area contributed by atoms with Crippen molar-refractivity contribution < 1.29 is 19.8 Å². The van der Waals surface area contributed by atoms with Crippen LogP contribution < -0.4 is 5.32 Å². The second kappa shape index (κ2) is 10.0. The molecule has 9 heteroatoms. The third-order valence-electron chi connectivity index (χ3n) is 4.03. The first-order valence-electron chi connectivity index (χ1n) is 8.34. The van der Waals surface area contributed by atoms with Gasteiger partial charge in [0.25, 0.3) is 0 Å². The van der Waals surface area contributed by atoms with Crippen LogP contribution in [-0.4, -0.2) is 40.2 Å². The highest BCUT2D eigenvalue weighted by Crippen LogP contribution is 2.33. The number of nitrogens with zero attached hydrogens (tertiary/aromatic N) is 1. The summed E-state index contributed by atoms with van der Waals surface area (Å²) in [5.41, 5.74) is 1.16. The number of benzene rings is 1. The van der Waals surface area contributed by atoms with Crippen LogP contribution in [0, 0.1) is 5.92 Å². The van der Waals surface area contributed by atoms with E-state index in [1.807, 2.05) is 6.92 Å². The zero-order valence-electron chi connectivity index (χ0n) is 14.6. The summed E-state index contributed by atoms with van der Waals surface area (Å²) in [5.74, 6) is -2.47. The summed E-state index contributed by atoms with van der Waals surface area (Å²) in [4.78, 5) is 26.7. The van der Waals surface area contributed by atoms with E-state index in [1.165, 1.54) is 11.3 Å². The molecule has 0 fully saturated rings. The van der Waals surface area contributed by atoms with Crippen molar-refractivity contribution in [2.75, 3.05) is 13.1 Å². The number of carboxylic acids is 2. The van der Waals surface area contributed by atoms with Crippen LogP contribution >= 0.6 is 34.5 Å². The lowest BCUT2D eigenvalue weighted by Crippen LogP contribution is -2.30. The summed E-state index contributed by atoms with van der Waals surface area (Å²) in [6.45, 7) is 2.68. The van der Waals surface area contributed by atoms with Crippen LogP contribution in [0.25, 0.3) is 10.6 Å². The molecule has 0 aliphatic heterocycles. The van der Waals surface area contributed by atoms with Crippen molar-refractivity contribution in [1.29, 1.82) is 0 Å². The molecule has 0 spiro atoms. The van der Waals surface area contributed by atoms with Gasteiger partial charge in [-0.1, -0.05) is 30.1 Å². The highest BCUT2D eigenvalue weighted by atomic mass is 35.5. The molecule has 1 aromatic carbocycles. The molecule has 0 saturated heterocycles. The summed E-state index contributed by atoms with van der Waals surface area (Å²) < 4.78 is 0. The molecule has 27 heavy (non-hydrogen) atoms. The van der Waals surface area contributed by atoms with Crippen molar-refractivity contribution in [2.24, 2.45) is 5.92 Å². The van der Waals surface area contributed by atoms with Crippen LogP contribution in [-0.2, 0) is 9.59 Å². The van der Waals surface area contributed by atoms with Crippen molar-refractivity contribution in [3.05, 3.63) is 39.3 Å². The minimum atomic E-state index is -0.972. The Morgan fingerprint density at radius 2 is 2.00 bits per heavy atom. The molecule has 2 atom stereocenters. The van der Waals surface area contributed by atoms with Gasteiger partial charge in [0, 0.05) is 28.9 Å². The number of aromatic nitrogens is 1. The second-order valence-corrected chi connectivity index (χ2v) is 7.99. The molecular weight excluding hydrogens is 411 g/mol. The number of hydrogen-bond acceptors (Lipinski definition) is 5. The van der Waals surface area contributed by atoms with E-state index >= 15 is 0 Å². The fourth-order valence-electron chi connectivity index (χ4n) is 2.50. The molecule has 1 heterocycles. The maximum absolute atomic E-state index is 11.7. The summed E-state index contributed by atoms with van der Waals surface area (Å²) in [6, 6.07) is 5.08. The minimum absolute atomic E-state index is 0.0997. The van der Waals surface area contributed by atoms with E-state index in [2.05, 4.69) is 10.3 Å². The molecular formula is C18H20Cl2N2O4S. The average Bonchev–Trinajstić information content (AvgIpc) is 3.05. The maximum atomic E-state index is 11.7. The molecule has 146 valence electrons. The van der Waals surface area contributed by atoms with Crippen LogP contribution in [0.4, 0.5) is 0 Å². The first kappa shape index (κ1) is 21.6. The zero-order chi connectivity index (χ0) is 20.0. The Balaban J connectivity index is 2.02. The quantitative estimate of drug-likeness (QED) is 0.517. The average molecular weight is 431 g/mol. The van der Waals surface area contributed by atoms with Gasteiger partial charge in [-0.05, 0) is 37.1 Å². The van der Waals surface area contributed by atoms with E-state index in [0.29, 0.717) is 39.3 Å². The van der Waals surface area contributed by atoms with E-state index in [0.717, 1.165) is 0 Å². The summed E-state index contributed by atoms with van der Waals surface area (Å²) in [6.07, 6.45) is 0.637. The highest BCUT2D eigenvalue weighted by molar-refractivity contribution is 7.13. The number of hydrogen-bond donors (Lipinski definition) is 3. The number of carboxylic acid groups (broad SMARTS) is 2. The highest BCUT2D eigenvalue weighted by Gasteiger charge is 2.23. The molecule has 0 aliphatic carbocycles. The summed E-state index contributed by atoms with van der Waals surface area (Å²) in [7, 11) is 0. The molecule has 0 amide bonds. The molecule has 6 nitrogen and oxygen atoms in total. The molecule has 2 unspecified atom stereocenters. The molecule has 0 bridgehead atoms. The predicted molar refractivity (Wildman–Crippen MR) is 107 cm³/mol. The standard InChI is InChI=1S/C18H20Cl2N2O4S/c1-10(2-5-16(23)24)7-21-8-13(18(25)26)15-9-27-17(22-15)12-4-3-11(19)6-14(12)20/h3-4,6,9-10,13,21H,2,5,7-8H2,1H3,(H,23,24)(H,25,26). The van der Waals surface area contributed by atoms with Gasteiger partial charge in [-0.2, -0.15) is 0 Å². The number of nitrogens with one attached hydrogen (secondary N) is 1. The largest absolute Gasteiger partial charge is 0.481 e. The smallest absolute Gasteiger partial charge is 0.313 e. The Labute approximate surface area is 171 Å². The van der Waals surface area contributed by atoms with Crippen LogP contribution in [0.3, 0.4) is 0 Å². The molecule has 2 rings (SSSR count). The van der Waals surface area contributed by atoms with Crippen molar-refractivity contribution in [1.82, 2.24) is 10.3 Å². The Morgan fingerprint density at radius 3 is 2.63 bits per heavy atom. The third-order valence-corrected chi connectivity index (χ3v) is 5.47. The van der Waals surface area contributed by atoms with E-state index in [-0.39, 0.29) is 18.9 Å². The van der Waals surface area contributed by atoms with E-state index in [4.69, 9.17) is 28.3 Å². The van der Waals surface area contributed by atoms with Gasteiger partial charge in [0.2, 0.25) is 0 Å². The van der Waals surface area contributed by atoms with Gasteiger partial charge in [0.15, 0.2) is 0 Å². The van der Waals surface area contributed by atoms with Gasteiger partial charge in [-0.3, -0.25) is 9.59 Å². The lowest BCUT2D eigenvalue weighted by molar-refractivity contribution is -0.139. The van der Waals surface area contributed by atoms with Gasteiger partial charge in [0.1, 0.15) is 10.9 Å². The topological polar surface area (TPSA) is 99.5 Å². The fraction of sp³-hybridized carbons (Fsp3) is 0.389. The number of thiazole rings is 1. The molecule has 1 aromatic heterocycles. The zero-order valence-corrected chi connectivity index (χ0v) is 16.9. The predicted octanol–water partition coefficient (Wildman–Crippen LogP) is 4.38. The van der Waals surface area contributed by atoms with Crippen LogP contribution in [0.5, 0.6) is 0 Å². The number of halogens is 2. The van der Waals surface area contributed by atoms with Crippen LogP contribution in [0.2, 0.25) is 10.0 Å². The molecule has 0 aliphatic rings. The Hall–Kier alpha value is -1.67. The molecule has 0 radical (unpaired) electrons. The lowest BCUT2D eigenvalue weighted by atomic mass is 10.0. The SMILES string of the molecule is CC(CCC(=O)O)CNCC(C(=O)O)c1csc(-c2ccc(Cl)cc2Cl)n1. The van der Waals surface area contributed by atoms with Gasteiger partial charge >= 0.3 is 11.9 Å². The van der Waals surface area contributed by atoms with Crippen molar-refractivity contribution in [2.45, 2.75) is 25.7 Å². The molecule has 2 aromatic rings. The summed E-state index contributed by atoms with van der Waals surface area (Å²) >= 11 is 13.4. The lowest BCUT2D eigenvalue weighted by Gasteiger charge is -2.14. The van der Waals surface area contributed by atoms with E-state index in [1.54, 1.807) is 23.6 Å². The van der Waals surface area contributed by atoms with Crippen LogP contribution in [0.15, 0.2) is 23.6 Å². The van der Waals surface area contributed by atoms with Gasteiger partial charge < -0.3 is 15.5 Å². The molecule has 0 saturated carbocycles. The van der Waals surface area contributed by atoms with Gasteiger partial charge in [-0.15, -0.1) is 11.3 Å². The van der Waals surface area contributed by atoms with Gasteiger partial charge in [0.05, 0.1) is 10.7 Å². The van der Waals surface area contributed by atoms with E-state index < -0.39 is 17.9 Å². The maximum Gasteiger partial charge on any atom is 0.313 e. The van der Waals surface area contributed by atoms with Crippen LogP contribution in [0.1, 0.15) is 31.4 Å². The number of rotatable bonds is 10. The Bertz CT molecular complexity index is 812. The normalized spacial score (nSPS) is 13.3. The first-order chi connectivity index (χ1) is 12.8. The third kappa shape index (κ3) is 6.46. The first-order valence-corrected chi connectivity index (χ1v) is 9.97.